The monoisotopic (exact) mass is 397 g/mol. The van der Waals surface area contributed by atoms with Gasteiger partial charge in [0.2, 0.25) is 0 Å². The third-order valence-corrected chi connectivity index (χ3v) is 0.167. The SMILES string of the molecule is NCCN.[Ag+].[Ag+].[Ag+].[NH2-]. The first-order chi connectivity index (χ1) is 1.91. The summed E-state index contributed by atoms with van der Waals surface area (Å²) in [7, 11) is 0. The van der Waals surface area contributed by atoms with E-state index in [1.165, 1.54) is 0 Å². The van der Waals surface area contributed by atoms with Crippen molar-refractivity contribution in [1.29, 1.82) is 0 Å². The Morgan fingerprint density at radius 1 is 0.750 bits per heavy atom. The minimum Gasteiger partial charge on any atom is -0.693 e. The Labute approximate surface area is 96.8 Å². The van der Waals surface area contributed by atoms with Crippen LogP contribution in [0.25, 0.3) is 6.15 Å². The van der Waals surface area contributed by atoms with Crippen LogP contribution in [0.5, 0.6) is 0 Å². The first kappa shape index (κ1) is 32.2. The third kappa shape index (κ3) is 42.5. The quantitative estimate of drug-likeness (QED) is 0.589. The molecule has 0 bridgehead atoms. The van der Waals surface area contributed by atoms with Gasteiger partial charge in [0.05, 0.1) is 0 Å². The normalized spacial score (nSPS) is 3.75. The van der Waals surface area contributed by atoms with E-state index in [-0.39, 0.29) is 73.3 Å². The van der Waals surface area contributed by atoms with E-state index in [1.807, 2.05) is 0 Å². The van der Waals surface area contributed by atoms with E-state index in [4.69, 9.17) is 11.5 Å². The first-order valence-corrected chi connectivity index (χ1v) is 1.32. The fourth-order valence-corrected chi connectivity index (χ4v) is 0. The zero-order valence-corrected chi connectivity index (χ0v) is 8.50. The van der Waals surface area contributed by atoms with E-state index in [2.05, 4.69) is 0 Å². The Morgan fingerprint density at radius 2 is 0.875 bits per heavy atom. The summed E-state index contributed by atoms with van der Waals surface area (Å²) in [6.07, 6.45) is 0. The van der Waals surface area contributed by atoms with Crippen molar-refractivity contribution in [3.05, 3.63) is 6.15 Å². The number of nitrogens with two attached hydrogens (primary N) is 3. The maximum atomic E-state index is 4.90. The Bertz CT molecular complexity index is 14.5. The molecule has 0 aromatic carbocycles. The molecular weight excluding hydrogens is 390 g/mol. The molecule has 0 saturated carbocycles. The van der Waals surface area contributed by atoms with Crippen molar-refractivity contribution in [2.45, 2.75) is 0 Å². The second kappa shape index (κ2) is 35.5. The van der Waals surface area contributed by atoms with Crippen LogP contribution >= 0.6 is 0 Å². The second-order valence-corrected chi connectivity index (χ2v) is 0.577. The molecule has 0 heterocycles. The molecule has 0 amide bonds. The molecule has 64 valence electrons. The van der Waals surface area contributed by atoms with E-state index in [0.29, 0.717) is 13.1 Å². The molecule has 0 unspecified atom stereocenters. The van der Waals surface area contributed by atoms with E-state index in [9.17, 15) is 0 Å². The van der Waals surface area contributed by atoms with E-state index < -0.39 is 0 Å². The molecule has 0 aliphatic rings. The molecule has 0 saturated heterocycles. The average molecular weight is 400 g/mol. The molecule has 0 radical (unpaired) electrons. The van der Waals surface area contributed by atoms with Gasteiger partial charge in [-0.3, -0.25) is 0 Å². The third-order valence-electron chi connectivity index (χ3n) is 0.167. The van der Waals surface area contributed by atoms with Gasteiger partial charge in [-0.1, -0.05) is 0 Å². The minimum atomic E-state index is 0. The zero-order chi connectivity index (χ0) is 3.41. The summed E-state index contributed by atoms with van der Waals surface area (Å²) in [4.78, 5) is 0. The second-order valence-electron chi connectivity index (χ2n) is 0.577. The van der Waals surface area contributed by atoms with Gasteiger partial charge in [-0.2, -0.15) is 0 Å². The largest absolute Gasteiger partial charge is 1.00 e. The Balaban J connectivity index is -0.00000000750. The molecule has 3 nitrogen and oxygen atoms in total. The summed E-state index contributed by atoms with van der Waals surface area (Å²) in [6.45, 7) is 1.19. The van der Waals surface area contributed by atoms with Gasteiger partial charge in [0, 0.05) is 13.1 Å². The standard InChI is InChI=1S/C2H8N2.3Ag.H2N/c3-1-2-4;;;;/h1-4H2;;;;1H2/q;3*+1;-1. The van der Waals surface area contributed by atoms with E-state index in [0.717, 1.165) is 0 Å². The average Bonchev–Trinajstić information content (AvgIpc) is 1.37. The molecular formula is C2H10Ag3N3+2. The van der Waals surface area contributed by atoms with Crippen LogP contribution in [0, 0.1) is 0 Å². The molecule has 0 spiro atoms. The molecule has 6 N–H and O–H groups in total. The van der Waals surface area contributed by atoms with Gasteiger partial charge in [-0.15, -0.1) is 0 Å². The van der Waals surface area contributed by atoms with Crippen LogP contribution in [0.3, 0.4) is 0 Å². The molecule has 0 fully saturated rings. The molecule has 0 aromatic heterocycles. The van der Waals surface area contributed by atoms with Crippen molar-refractivity contribution < 1.29 is 67.1 Å². The summed E-state index contributed by atoms with van der Waals surface area (Å²) in [5, 5.41) is 0. The van der Waals surface area contributed by atoms with Gasteiger partial charge >= 0.3 is 67.1 Å². The molecule has 0 aliphatic heterocycles. The fourth-order valence-electron chi connectivity index (χ4n) is 0. The van der Waals surface area contributed by atoms with Crippen LogP contribution < -0.4 is 11.5 Å². The van der Waals surface area contributed by atoms with Gasteiger partial charge in [0.1, 0.15) is 0 Å². The molecule has 0 rings (SSSR count). The van der Waals surface area contributed by atoms with Crippen molar-refractivity contribution in [1.82, 2.24) is 0 Å². The smallest absolute Gasteiger partial charge is 0.693 e. The van der Waals surface area contributed by atoms with Crippen LogP contribution in [0.1, 0.15) is 0 Å². The van der Waals surface area contributed by atoms with Crippen molar-refractivity contribution in [3.63, 3.8) is 0 Å². The molecule has 0 aliphatic carbocycles. The molecule has 8 heavy (non-hydrogen) atoms. The van der Waals surface area contributed by atoms with Gasteiger partial charge in [0.15, 0.2) is 0 Å². The maximum absolute atomic E-state index is 4.90. The van der Waals surface area contributed by atoms with Crippen LogP contribution in [0.4, 0.5) is 0 Å². The summed E-state index contributed by atoms with van der Waals surface area (Å²) in [6, 6.07) is 0. The summed E-state index contributed by atoms with van der Waals surface area (Å²) < 4.78 is 0. The van der Waals surface area contributed by atoms with Crippen LogP contribution in [-0.4, -0.2) is 13.1 Å². The minimum absolute atomic E-state index is 0. The van der Waals surface area contributed by atoms with E-state index >= 15 is 0 Å². The fraction of sp³-hybridized carbons (Fsp3) is 1.00. The van der Waals surface area contributed by atoms with Gasteiger partial charge < -0.3 is 17.6 Å². The molecule has 0 aromatic rings. The first-order valence-electron chi connectivity index (χ1n) is 1.32. The number of hydrogen-bond donors (Lipinski definition) is 2. The van der Waals surface area contributed by atoms with E-state index in [1.54, 1.807) is 0 Å². The number of rotatable bonds is 1. The van der Waals surface area contributed by atoms with Gasteiger partial charge in [-0.05, 0) is 0 Å². The predicted octanol–water partition coefficient (Wildman–Crippen LogP) is -0.387. The van der Waals surface area contributed by atoms with Gasteiger partial charge in [-0.25, -0.2) is 0 Å². The van der Waals surface area contributed by atoms with Gasteiger partial charge in [0.25, 0.3) is 0 Å². The van der Waals surface area contributed by atoms with Crippen LogP contribution in [0.15, 0.2) is 0 Å². The maximum Gasteiger partial charge on any atom is 1.00 e. The molecule has 6 heteroatoms. The predicted molar refractivity (Wildman–Crippen MR) is 23.4 cm³/mol. The number of hydrogen-bond acceptors (Lipinski definition) is 2. The van der Waals surface area contributed by atoms with Crippen molar-refractivity contribution >= 4 is 0 Å². The van der Waals surface area contributed by atoms with Crippen LogP contribution in [0.2, 0.25) is 0 Å². The Kier molecular flexibility index (Phi) is 143. The zero-order valence-electron chi connectivity index (χ0n) is 4.05. The van der Waals surface area contributed by atoms with Crippen molar-refractivity contribution in [2.24, 2.45) is 11.5 Å². The van der Waals surface area contributed by atoms with Crippen LogP contribution in [-0.2, 0) is 67.1 Å². The summed E-state index contributed by atoms with van der Waals surface area (Å²) in [5.41, 5.74) is 9.81. The Morgan fingerprint density at radius 3 is 0.875 bits per heavy atom. The summed E-state index contributed by atoms with van der Waals surface area (Å²) >= 11 is 0. The molecule has 0 atom stereocenters. The van der Waals surface area contributed by atoms with Crippen molar-refractivity contribution in [2.75, 3.05) is 13.1 Å². The van der Waals surface area contributed by atoms with Crippen molar-refractivity contribution in [3.8, 4) is 0 Å². The Hall–Kier alpha value is 2.10. The summed E-state index contributed by atoms with van der Waals surface area (Å²) in [5.74, 6) is 0. The topological polar surface area (TPSA) is 85.5 Å².